The van der Waals surface area contributed by atoms with Crippen molar-refractivity contribution in [1.29, 1.82) is 0 Å². The third-order valence-electron chi connectivity index (χ3n) is 8.08. The summed E-state index contributed by atoms with van der Waals surface area (Å²) in [4.78, 5) is 34.0. The maximum atomic E-state index is 14.4. The quantitative estimate of drug-likeness (QED) is 0.279. The molecular formula is C34H33N3O4. The van der Waals surface area contributed by atoms with Gasteiger partial charge in [0.25, 0.3) is 5.91 Å². The van der Waals surface area contributed by atoms with Crippen LogP contribution in [0.3, 0.4) is 0 Å². The van der Waals surface area contributed by atoms with Gasteiger partial charge in [0, 0.05) is 25.3 Å². The zero-order chi connectivity index (χ0) is 28.2. The number of benzene rings is 4. The number of carbonyl (C=O) groups is 2. The van der Waals surface area contributed by atoms with Gasteiger partial charge in [-0.1, -0.05) is 91.0 Å². The Morgan fingerprint density at radius 1 is 0.805 bits per heavy atom. The molecule has 7 nitrogen and oxygen atoms in total. The fourth-order valence-corrected chi connectivity index (χ4v) is 6.07. The Kier molecular flexibility index (Phi) is 7.33. The van der Waals surface area contributed by atoms with Crippen LogP contribution in [0.1, 0.15) is 22.7 Å². The molecule has 6 rings (SSSR count). The van der Waals surface area contributed by atoms with Crippen LogP contribution in [0.2, 0.25) is 0 Å². The first-order valence-corrected chi connectivity index (χ1v) is 13.9. The largest absolute Gasteiger partial charge is 0.497 e. The van der Waals surface area contributed by atoms with Gasteiger partial charge in [0.05, 0.1) is 19.7 Å². The highest BCUT2D eigenvalue weighted by Crippen LogP contribution is 2.50. The Labute approximate surface area is 240 Å². The van der Waals surface area contributed by atoms with Gasteiger partial charge >= 0.3 is 6.09 Å². The molecule has 0 bridgehead atoms. The number of hydrogen-bond donors (Lipinski definition) is 0. The van der Waals surface area contributed by atoms with Crippen LogP contribution in [0.15, 0.2) is 115 Å². The topological polar surface area (TPSA) is 62.3 Å². The second-order valence-corrected chi connectivity index (χ2v) is 10.5. The van der Waals surface area contributed by atoms with E-state index in [9.17, 15) is 9.59 Å². The lowest BCUT2D eigenvalue weighted by Crippen LogP contribution is -2.81. The van der Waals surface area contributed by atoms with E-state index < -0.39 is 11.6 Å². The number of carbonyl (C=O) groups excluding carboxylic acids is 2. The van der Waals surface area contributed by atoms with Crippen LogP contribution in [0, 0.1) is 0 Å². The summed E-state index contributed by atoms with van der Waals surface area (Å²) in [7, 11) is 1.64. The van der Waals surface area contributed by atoms with E-state index in [1.165, 1.54) is 0 Å². The monoisotopic (exact) mass is 547 g/mol. The van der Waals surface area contributed by atoms with E-state index in [0.717, 1.165) is 28.1 Å². The fraction of sp³-hybridized carbons (Fsp3) is 0.235. The number of ether oxygens (including phenoxy) is 2. The Bertz CT molecular complexity index is 1480. The number of amides is 2. The van der Waals surface area contributed by atoms with Crippen LogP contribution in [-0.2, 0) is 22.7 Å². The molecule has 208 valence electrons. The number of nitrogens with zero attached hydrogens (tertiary/aromatic N) is 3. The average Bonchev–Trinajstić information content (AvgIpc) is 3.04. The second kappa shape index (κ2) is 11.4. The van der Waals surface area contributed by atoms with Crippen LogP contribution >= 0.6 is 0 Å². The van der Waals surface area contributed by atoms with Crippen molar-refractivity contribution >= 4 is 17.7 Å². The predicted molar refractivity (Wildman–Crippen MR) is 157 cm³/mol. The molecule has 2 fully saturated rings. The van der Waals surface area contributed by atoms with Crippen molar-refractivity contribution < 1.29 is 19.1 Å². The molecule has 2 aliphatic heterocycles. The predicted octanol–water partition coefficient (Wildman–Crippen LogP) is 5.68. The first kappa shape index (κ1) is 26.4. The van der Waals surface area contributed by atoms with Gasteiger partial charge in [0.2, 0.25) is 0 Å². The molecule has 0 saturated carbocycles. The van der Waals surface area contributed by atoms with Crippen LogP contribution in [-0.4, -0.2) is 54.1 Å². The number of hydrogen-bond acceptors (Lipinski definition) is 5. The summed E-state index contributed by atoms with van der Waals surface area (Å²) < 4.78 is 11.2. The van der Waals surface area contributed by atoms with Gasteiger partial charge in [-0.25, -0.2) is 4.79 Å². The summed E-state index contributed by atoms with van der Waals surface area (Å²) in [5.74, 6) is 0.688. The minimum Gasteiger partial charge on any atom is -0.497 e. The van der Waals surface area contributed by atoms with Crippen LogP contribution in [0.4, 0.5) is 10.5 Å². The summed E-state index contributed by atoms with van der Waals surface area (Å²) in [5, 5.41) is 0. The molecule has 2 aliphatic rings. The zero-order valence-electron chi connectivity index (χ0n) is 23.1. The van der Waals surface area contributed by atoms with Gasteiger partial charge < -0.3 is 19.3 Å². The zero-order valence-corrected chi connectivity index (χ0v) is 23.1. The summed E-state index contributed by atoms with van der Waals surface area (Å²) >= 11 is 0. The standard InChI is InChI=1S/C34H33N3O4/c1-40-30-19-17-29(18-20-30)35-21-22-37(33(39)41-24-27-13-7-3-8-14-27)34(25-35)31(28-15-9-4-10-16-28)36(32(34)38)23-26-11-5-2-6-12-26/h2-20,31H,21-25H2,1H3/t31-,34+/m1/s1. The number of likely N-dealkylation sites (tertiary alicyclic amines) is 1. The van der Waals surface area contributed by atoms with E-state index in [2.05, 4.69) is 4.90 Å². The van der Waals surface area contributed by atoms with E-state index in [4.69, 9.17) is 9.47 Å². The molecule has 41 heavy (non-hydrogen) atoms. The van der Waals surface area contributed by atoms with E-state index in [-0.39, 0.29) is 18.6 Å². The molecule has 7 heteroatoms. The van der Waals surface area contributed by atoms with Gasteiger partial charge in [-0.2, -0.15) is 0 Å². The molecule has 0 radical (unpaired) electrons. The number of piperazine rings is 1. The molecular weight excluding hydrogens is 514 g/mol. The van der Waals surface area contributed by atoms with E-state index in [1.807, 2.05) is 120 Å². The van der Waals surface area contributed by atoms with Crippen molar-refractivity contribution in [2.75, 3.05) is 31.6 Å². The van der Waals surface area contributed by atoms with Crippen LogP contribution < -0.4 is 9.64 Å². The third-order valence-corrected chi connectivity index (χ3v) is 8.08. The second-order valence-electron chi connectivity index (χ2n) is 10.5. The Morgan fingerprint density at radius 3 is 2.05 bits per heavy atom. The highest BCUT2D eigenvalue weighted by molar-refractivity contribution is 5.98. The smallest absolute Gasteiger partial charge is 0.411 e. The molecule has 0 N–H and O–H groups in total. The molecule has 4 aromatic rings. The molecule has 4 aromatic carbocycles. The first-order chi connectivity index (χ1) is 20.1. The number of rotatable bonds is 7. The molecule has 0 unspecified atom stereocenters. The molecule has 2 atom stereocenters. The maximum Gasteiger partial charge on any atom is 0.411 e. The maximum absolute atomic E-state index is 14.4. The number of β-lactam (4-membered cyclic amide) rings is 1. The van der Waals surface area contributed by atoms with Crippen molar-refractivity contribution in [2.45, 2.75) is 24.7 Å². The fourth-order valence-electron chi connectivity index (χ4n) is 6.07. The Hall–Kier alpha value is -4.78. The normalized spacial score (nSPS) is 20.1. The van der Waals surface area contributed by atoms with E-state index >= 15 is 0 Å². The third kappa shape index (κ3) is 4.99. The van der Waals surface area contributed by atoms with E-state index in [0.29, 0.717) is 26.2 Å². The highest BCUT2D eigenvalue weighted by atomic mass is 16.6. The molecule has 1 spiro atoms. The van der Waals surface area contributed by atoms with Crippen molar-refractivity contribution in [2.24, 2.45) is 0 Å². The SMILES string of the molecule is COc1ccc(N2CCN(C(=O)OCc3ccccc3)[C@]3(C2)C(=O)N(Cc2ccccc2)[C@@H]3c2ccccc2)cc1. The van der Waals surface area contributed by atoms with E-state index in [1.54, 1.807) is 12.0 Å². The summed E-state index contributed by atoms with van der Waals surface area (Å²) in [6.07, 6.45) is -0.475. The lowest BCUT2D eigenvalue weighted by Gasteiger charge is -2.63. The van der Waals surface area contributed by atoms with Gasteiger partial charge in [-0.15, -0.1) is 0 Å². The van der Waals surface area contributed by atoms with Gasteiger partial charge in [-0.3, -0.25) is 9.69 Å². The van der Waals surface area contributed by atoms with Crippen molar-refractivity contribution in [3.05, 3.63) is 132 Å². The molecule has 0 aromatic heterocycles. The molecule has 2 amide bonds. The van der Waals surface area contributed by atoms with Crippen molar-refractivity contribution in [3.63, 3.8) is 0 Å². The summed E-state index contributed by atoms with van der Waals surface area (Å²) in [5.41, 5.74) is 2.78. The minimum absolute atomic E-state index is 0.0786. The van der Waals surface area contributed by atoms with Crippen molar-refractivity contribution in [3.8, 4) is 5.75 Å². The lowest BCUT2D eigenvalue weighted by molar-refractivity contribution is -0.179. The highest BCUT2D eigenvalue weighted by Gasteiger charge is 2.67. The number of methoxy groups -OCH3 is 1. The van der Waals surface area contributed by atoms with Gasteiger partial charge in [-0.05, 0) is 41.0 Å². The number of anilines is 1. The Balaban J connectivity index is 1.37. The van der Waals surface area contributed by atoms with Crippen molar-refractivity contribution in [1.82, 2.24) is 9.80 Å². The van der Waals surface area contributed by atoms with Gasteiger partial charge in [0.1, 0.15) is 12.4 Å². The van der Waals surface area contributed by atoms with Crippen LogP contribution in [0.5, 0.6) is 5.75 Å². The minimum atomic E-state index is -1.12. The Morgan fingerprint density at radius 2 is 1.41 bits per heavy atom. The molecule has 2 heterocycles. The van der Waals surface area contributed by atoms with Crippen LogP contribution in [0.25, 0.3) is 0 Å². The summed E-state index contributed by atoms with van der Waals surface area (Å²) in [6, 6.07) is 37.1. The van der Waals surface area contributed by atoms with Gasteiger partial charge in [0.15, 0.2) is 5.54 Å². The molecule has 0 aliphatic carbocycles. The first-order valence-electron chi connectivity index (χ1n) is 13.9. The lowest BCUT2D eigenvalue weighted by atomic mass is 9.71. The molecule has 2 saturated heterocycles. The summed E-state index contributed by atoms with van der Waals surface area (Å²) in [6.45, 7) is 1.88. The average molecular weight is 548 g/mol.